The number of alkyl halides is 3. The van der Waals surface area contributed by atoms with Gasteiger partial charge in [0, 0.05) is 5.46 Å². The summed E-state index contributed by atoms with van der Waals surface area (Å²) in [5, 5.41) is 16.4. The Labute approximate surface area is 87.2 Å². The van der Waals surface area contributed by atoms with Gasteiger partial charge >= 0.3 is 13.3 Å². The van der Waals surface area contributed by atoms with Crippen molar-refractivity contribution in [1.29, 1.82) is 0 Å². The molecule has 15 heavy (non-hydrogen) atoms. The van der Waals surface area contributed by atoms with Gasteiger partial charge in [0.15, 0.2) is 0 Å². The predicted octanol–water partition coefficient (Wildman–Crippen LogP) is 1.18. The molecule has 82 valence electrons. The molecule has 0 fully saturated rings. The van der Waals surface area contributed by atoms with Gasteiger partial charge in [0.2, 0.25) is 0 Å². The van der Waals surface area contributed by atoms with Gasteiger partial charge in [-0.3, -0.25) is 0 Å². The van der Waals surface area contributed by atoms with Gasteiger partial charge in [-0.1, -0.05) is 11.6 Å². The molecular formula is C7H4BClF4O2. The fraction of sp³-hybridized carbons (Fsp3) is 0.143. The number of rotatable bonds is 1. The van der Waals surface area contributed by atoms with Crippen molar-refractivity contribution in [2.75, 3.05) is 0 Å². The van der Waals surface area contributed by atoms with Crippen LogP contribution in [0.1, 0.15) is 5.56 Å². The normalized spacial score (nSPS) is 11.7. The van der Waals surface area contributed by atoms with E-state index in [2.05, 4.69) is 0 Å². The lowest BCUT2D eigenvalue weighted by atomic mass is 9.79. The molecular weight excluding hydrogens is 238 g/mol. The topological polar surface area (TPSA) is 40.5 Å². The summed E-state index contributed by atoms with van der Waals surface area (Å²) in [4.78, 5) is 0. The van der Waals surface area contributed by atoms with Crippen LogP contribution in [0.15, 0.2) is 12.1 Å². The minimum atomic E-state index is -4.77. The van der Waals surface area contributed by atoms with E-state index < -0.39 is 35.2 Å². The molecule has 1 aromatic carbocycles. The second kappa shape index (κ2) is 4.00. The van der Waals surface area contributed by atoms with E-state index in [4.69, 9.17) is 21.6 Å². The van der Waals surface area contributed by atoms with Gasteiger partial charge in [-0.2, -0.15) is 13.2 Å². The summed E-state index contributed by atoms with van der Waals surface area (Å²) in [5.74, 6) is -1.21. The molecule has 2 nitrogen and oxygen atoms in total. The molecule has 1 aromatic rings. The fourth-order valence-electron chi connectivity index (χ4n) is 0.981. The molecule has 0 aliphatic rings. The van der Waals surface area contributed by atoms with Crippen molar-refractivity contribution in [3.05, 3.63) is 28.5 Å². The Hall–Kier alpha value is -0.785. The first-order chi connectivity index (χ1) is 6.73. The molecule has 0 spiro atoms. The molecule has 0 aliphatic carbocycles. The molecule has 8 heteroatoms. The first-order valence-corrected chi connectivity index (χ1v) is 4.03. The van der Waals surface area contributed by atoms with Crippen LogP contribution in [0.2, 0.25) is 5.02 Å². The van der Waals surface area contributed by atoms with E-state index in [1.807, 2.05) is 0 Å². The lowest BCUT2D eigenvalue weighted by Crippen LogP contribution is -2.34. The molecule has 0 bridgehead atoms. The Morgan fingerprint density at radius 2 is 1.73 bits per heavy atom. The smallest absolute Gasteiger partial charge is 0.423 e. The molecule has 0 unspecified atom stereocenters. The lowest BCUT2D eigenvalue weighted by Gasteiger charge is -2.11. The molecule has 2 N–H and O–H groups in total. The van der Waals surface area contributed by atoms with Crippen LogP contribution in [-0.4, -0.2) is 17.2 Å². The molecule has 0 saturated carbocycles. The first kappa shape index (κ1) is 12.3. The average molecular weight is 242 g/mol. The van der Waals surface area contributed by atoms with E-state index in [9.17, 15) is 17.6 Å². The molecule has 0 heterocycles. The summed E-state index contributed by atoms with van der Waals surface area (Å²) in [6.07, 6.45) is -4.77. The van der Waals surface area contributed by atoms with Crippen molar-refractivity contribution in [3.8, 4) is 0 Å². The lowest BCUT2D eigenvalue weighted by molar-refractivity contribution is -0.137. The van der Waals surface area contributed by atoms with Crippen molar-refractivity contribution in [2.45, 2.75) is 6.18 Å². The van der Waals surface area contributed by atoms with Crippen molar-refractivity contribution in [1.82, 2.24) is 0 Å². The predicted molar refractivity (Wildman–Crippen MR) is 46.2 cm³/mol. The van der Waals surface area contributed by atoms with Crippen molar-refractivity contribution in [3.63, 3.8) is 0 Å². The maximum Gasteiger partial charge on any atom is 0.491 e. The van der Waals surface area contributed by atoms with Crippen molar-refractivity contribution in [2.24, 2.45) is 0 Å². The van der Waals surface area contributed by atoms with Gasteiger partial charge in [0.25, 0.3) is 0 Å². The summed E-state index contributed by atoms with van der Waals surface area (Å²) in [5.41, 5.74) is -2.18. The van der Waals surface area contributed by atoms with E-state index in [-0.39, 0.29) is 6.07 Å². The summed E-state index contributed by atoms with van der Waals surface area (Å²) in [6.45, 7) is 0. The fourth-order valence-corrected chi connectivity index (χ4v) is 1.24. The largest absolute Gasteiger partial charge is 0.491 e. The maximum absolute atomic E-state index is 12.9. The zero-order valence-corrected chi connectivity index (χ0v) is 7.77. The minimum absolute atomic E-state index is 0.266. The summed E-state index contributed by atoms with van der Waals surface area (Å²) in [7, 11) is -2.32. The highest BCUT2D eigenvalue weighted by Gasteiger charge is 2.35. The third-order valence-electron chi connectivity index (χ3n) is 1.67. The highest BCUT2D eigenvalue weighted by Crippen LogP contribution is 2.34. The van der Waals surface area contributed by atoms with Crippen LogP contribution in [0.4, 0.5) is 17.6 Å². The SMILES string of the molecule is OB(O)c1cc(C(F)(F)F)c(Cl)cc1F. The second-order valence-electron chi connectivity index (χ2n) is 2.72. The molecule has 0 atom stereocenters. The van der Waals surface area contributed by atoms with E-state index in [1.54, 1.807) is 0 Å². The maximum atomic E-state index is 12.9. The zero-order chi connectivity index (χ0) is 11.8. The van der Waals surface area contributed by atoms with Crippen molar-refractivity contribution < 1.29 is 27.6 Å². The van der Waals surface area contributed by atoms with Crippen LogP contribution in [0.25, 0.3) is 0 Å². The molecule has 0 aromatic heterocycles. The summed E-state index contributed by atoms with van der Waals surface area (Å²) in [6, 6.07) is 0.654. The van der Waals surface area contributed by atoms with Crippen LogP contribution in [0.3, 0.4) is 0 Å². The van der Waals surface area contributed by atoms with Crippen LogP contribution in [-0.2, 0) is 6.18 Å². The van der Waals surface area contributed by atoms with Crippen LogP contribution >= 0.6 is 11.6 Å². The molecule has 0 saturated heterocycles. The number of hydrogen-bond donors (Lipinski definition) is 2. The molecule has 0 aliphatic heterocycles. The standard InChI is InChI=1S/C7H4BClF4O2/c9-5-2-6(10)4(8(14)15)1-3(5)7(11,12)13/h1-2,14-15H. The second-order valence-corrected chi connectivity index (χ2v) is 3.13. The summed E-state index contributed by atoms with van der Waals surface area (Å²) < 4.78 is 49.7. The van der Waals surface area contributed by atoms with Crippen LogP contribution in [0.5, 0.6) is 0 Å². The Bertz CT molecular complexity index is 380. The number of benzene rings is 1. The van der Waals surface area contributed by atoms with E-state index in [1.165, 1.54) is 0 Å². The van der Waals surface area contributed by atoms with Gasteiger partial charge in [0.1, 0.15) is 5.82 Å². The Balaban J connectivity index is 3.37. The Morgan fingerprint density at radius 3 is 2.13 bits per heavy atom. The van der Waals surface area contributed by atoms with Gasteiger partial charge in [0.05, 0.1) is 10.6 Å². The minimum Gasteiger partial charge on any atom is -0.423 e. The average Bonchev–Trinajstić information content (AvgIpc) is 2.00. The number of halogens is 5. The monoisotopic (exact) mass is 242 g/mol. The van der Waals surface area contributed by atoms with Crippen molar-refractivity contribution >= 4 is 24.2 Å². The quantitative estimate of drug-likeness (QED) is 0.573. The molecule has 0 amide bonds. The van der Waals surface area contributed by atoms with Gasteiger partial charge < -0.3 is 10.0 Å². The van der Waals surface area contributed by atoms with Gasteiger partial charge in [-0.05, 0) is 12.1 Å². The van der Waals surface area contributed by atoms with Gasteiger partial charge in [-0.15, -0.1) is 0 Å². The van der Waals surface area contributed by atoms with Crippen LogP contribution < -0.4 is 5.46 Å². The highest BCUT2D eigenvalue weighted by atomic mass is 35.5. The third-order valence-corrected chi connectivity index (χ3v) is 1.98. The van der Waals surface area contributed by atoms with E-state index >= 15 is 0 Å². The Kier molecular flexibility index (Phi) is 3.27. The molecule has 0 radical (unpaired) electrons. The van der Waals surface area contributed by atoms with E-state index in [0.29, 0.717) is 6.07 Å². The Morgan fingerprint density at radius 1 is 1.20 bits per heavy atom. The summed E-state index contributed by atoms with van der Waals surface area (Å²) >= 11 is 5.17. The first-order valence-electron chi connectivity index (χ1n) is 3.65. The highest BCUT2D eigenvalue weighted by molar-refractivity contribution is 6.58. The third kappa shape index (κ3) is 2.61. The van der Waals surface area contributed by atoms with Gasteiger partial charge in [-0.25, -0.2) is 4.39 Å². The molecule has 1 rings (SSSR count). The number of hydrogen-bond acceptors (Lipinski definition) is 2. The van der Waals surface area contributed by atoms with E-state index in [0.717, 1.165) is 0 Å². The van der Waals surface area contributed by atoms with Crippen LogP contribution in [0, 0.1) is 5.82 Å². The zero-order valence-electron chi connectivity index (χ0n) is 7.02.